The van der Waals surface area contributed by atoms with Gasteiger partial charge in [0.05, 0.1) is 35.7 Å². The second-order valence-electron chi connectivity index (χ2n) is 8.25. The number of amides is 1. The average Bonchev–Trinajstić information content (AvgIpc) is 3.49. The minimum absolute atomic E-state index is 0.0896. The molecule has 2 aliphatic rings. The van der Waals surface area contributed by atoms with Crippen molar-refractivity contribution in [2.45, 2.75) is 31.1 Å². The Morgan fingerprint density at radius 3 is 2.59 bits per heavy atom. The molecule has 2 heterocycles. The third kappa shape index (κ3) is 4.53. The van der Waals surface area contributed by atoms with Gasteiger partial charge in [0.25, 0.3) is 0 Å². The molecule has 4 rings (SSSR count). The molecule has 1 aromatic carbocycles. The highest BCUT2D eigenvalue weighted by Crippen LogP contribution is 2.48. The van der Waals surface area contributed by atoms with Crippen LogP contribution in [0.1, 0.15) is 31.7 Å². The Labute approximate surface area is 189 Å². The highest BCUT2D eigenvalue weighted by molar-refractivity contribution is 7.89. The molecule has 1 saturated carbocycles. The number of nitrogens with zero attached hydrogens (tertiary/aromatic N) is 4. The van der Waals surface area contributed by atoms with Crippen LogP contribution in [0.15, 0.2) is 35.5 Å². The molecule has 2 aromatic rings. The molecule has 10 heteroatoms. The van der Waals surface area contributed by atoms with Gasteiger partial charge in [-0.25, -0.2) is 8.42 Å². The van der Waals surface area contributed by atoms with E-state index in [-0.39, 0.29) is 22.6 Å². The molecule has 0 spiro atoms. The zero-order valence-corrected chi connectivity index (χ0v) is 19.6. The summed E-state index contributed by atoms with van der Waals surface area (Å²) in [6.07, 6.45) is 4.51. The summed E-state index contributed by atoms with van der Waals surface area (Å²) in [6, 6.07) is 5.02. The van der Waals surface area contributed by atoms with Gasteiger partial charge in [-0.15, -0.1) is 0 Å². The summed E-state index contributed by atoms with van der Waals surface area (Å²) >= 11 is 0. The summed E-state index contributed by atoms with van der Waals surface area (Å²) in [6.45, 7) is 7.00. The van der Waals surface area contributed by atoms with E-state index in [4.69, 9.17) is 4.74 Å². The first-order valence-corrected chi connectivity index (χ1v) is 12.6. The number of aromatic nitrogens is 2. The number of benzene rings is 1. The van der Waals surface area contributed by atoms with Crippen molar-refractivity contribution in [1.29, 1.82) is 0 Å². The first-order chi connectivity index (χ1) is 15.3. The van der Waals surface area contributed by atoms with Crippen LogP contribution in [-0.4, -0.2) is 67.8 Å². The van der Waals surface area contributed by atoms with Crippen LogP contribution in [0.25, 0.3) is 0 Å². The van der Waals surface area contributed by atoms with E-state index in [0.717, 1.165) is 30.8 Å². The summed E-state index contributed by atoms with van der Waals surface area (Å²) in [5.41, 5.74) is 2.41. The fourth-order valence-electron chi connectivity index (χ4n) is 4.26. The molecule has 2 fully saturated rings. The van der Waals surface area contributed by atoms with Gasteiger partial charge >= 0.3 is 0 Å². The molecule has 1 aliphatic carbocycles. The number of carbonyl (C=O) groups is 1. The predicted molar refractivity (Wildman–Crippen MR) is 122 cm³/mol. The van der Waals surface area contributed by atoms with E-state index < -0.39 is 10.0 Å². The molecule has 1 amide bonds. The van der Waals surface area contributed by atoms with Gasteiger partial charge in [-0.2, -0.15) is 9.40 Å². The zero-order chi connectivity index (χ0) is 22.9. The summed E-state index contributed by atoms with van der Waals surface area (Å²) < 4.78 is 34.8. The van der Waals surface area contributed by atoms with Crippen molar-refractivity contribution in [2.24, 2.45) is 13.0 Å². The summed E-state index contributed by atoms with van der Waals surface area (Å²) in [7, 11) is -1.80. The van der Waals surface area contributed by atoms with E-state index >= 15 is 0 Å². The lowest BCUT2D eigenvalue weighted by atomic mass is 10.2. The first-order valence-electron chi connectivity index (χ1n) is 11.1. The fourth-order valence-corrected chi connectivity index (χ4v) is 5.70. The van der Waals surface area contributed by atoms with Crippen LogP contribution in [0.4, 0.5) is 11.4 Å². The smallest absolute Gasteiger partial charge is 0.243 e. The molecule has 0 radical (unpaired) electrons. The number of hydrogen-bond donors (Lipinski definition) is 1. The van der Waals surface area contributed by atoms with E-state index in [2.05, 4.69) is 15.3 Å². The molecule has 9 nitrogen and oxygen atoms in total. The second kappa shape index (κ2) is 9.21. The Kier molecular flexibility index (Phi) is 6.55. The highest BCUT2D eigenvalue weighted by Gasteiger charge is 2.45. The van der Waals surface area contributed by atoms with E-state index in [0.29, 0.717) is 32.0 Å². The largest absolute Gasteiger partial charge is 0.379 e. The second-order valence-corrected chi connectivity index (χ2v) is 10.2. The van der Waals surface area contributed by atoms with Crippen molar-refractivity contribution in [3.05, 3.63) is 36.2 Å². The van der Waals surface area contributed by atoms with Crippen molar-refractivity contribution in [3.8, 4) is 0 Å². The minimum atomic E-state index is -3.66. The number of ether oxygens (including phenoxy) is 1. The molecular formula is C22H31N5O4S. The monoisotopic (exact) mass is 461 g/mol. The van der Waals surface area contributed by atoms with Crippen LogP contribution in [0.2, 0.25) is 0 Å². The van der Waals surface area contributed by atoms with Crippen LogP contribution >= 0.6 is 0 Å². The van der Waals surface area contributed by atoms with Crippen LogP contribution in [0.5, 0.6) is 0 Å². The maximum Gasteiger partial charge on any atom is 0.243 e. The number of carbonyl (C=O) groups excluding carboxylic acids is 1. The maximum absolute atomic E-state index is 13.2. The molecular weight excluding hydrogens is 430 g/mol. The third-order valence-corrected chi connectivity index (χ3v) is 8.11. The van der Waals surface area contributed by atoms with Gasteiger partial charge < -0.3 is 15.0 Å². The van der Waals surface area contributed by atoms with Crippen LogP contribution in [-0.2, 0) is 26.6 Å². The summed E-state index contributed by atoms with van der Waals surface area (Å²) in [5, 5.41) is 7.22. The fraction of sp³-hybridized carbons (Fsp3) is 0.545. The molecule has 0 unspecified atom stereocenters. The highest BCUT2D eigenvalue weighted by atomic mass is 32.2. The molecule has 1 saturated heterocycles. The van der Waals surface area contributed by atoms with Crippen molar-refractivity contribution < 1.29 is 17.9 Å². The zero-order valence-electron chi connectivity index (χ0n) is 18.8. The normalized spacial score (nSPS) is 21.3. The quantitative estimate of drug-likeness (QED) is 0.646. The molecule has 174 valence electrons. The lowest BCUT2D eigenvalue weighted by Gasteiger charge is -2.28. The van der Waals surface area contributed by atoms with Gasteiger partial charge in [0.15, 0.2) is 0 Å². The van der Waals surface area contributed by atoms with Crippen molar-refractivity contribution in [1.82, 2.24) is 14.1 Å². The van der Waals surface area contributed by atoms with E-state index in [9.17, 15) is 13.2 Å². The van der Waals surface area contributed by atoms with Gasteiger partial charge in [-0.1, -0.05) is 0 Å². The predicted octanol–water partition coefficient (Wildman–Crippen LogP) is 2.03. The number of anilines is 2. The number of rotatable bonds is 8. The maximum atomic E-state index is 13.2. The Bertz CT molecular complexity index is 1070. The van der Waals surface area contributed by atoms with Crippen LogP contribution in [0, 0.1) is 5.92 Å². The molecule has 1 N–H and O–H groups in total. The Balaban J connectivity index is 1.59. The summed E-state index contributed by atoms with van der Waals surface area (Å²) in [5.74, 6) is -0.0719. The molecule has 2 atom stereocenters. The minimum Gasteiger partial charge on any atom is -0.379 e. The topological polar surface area (TPSA) is 96.8 Å². The van der Waals surface area contributed by atoms with Crippen molar-refractivity contribution in [3.63, 3.8) is 0 Å². The molecule has 1 aromatic heterocycles. The van der Waals surface area contributed by atoms with E-state index in [1.807, 2.05) is 27.1 Å². The van der Waals surface area contributed by atoms with E-state index in [1.165, 1.54) is 4.31 Å². The van der Waals surface area contributed by atoms with Gasteiger partial charge in [-0.05, 0) is 49.9 Å². The van der Waals surface area contributed by atoms with E-state index in [1.54, 1.807) is 29.1 Å². The van der Waals surface area contributed by atoms with Crippen LogP contribution in [0.3, 0.4) is 0 Å². The van der Waals surface area contributed by atoms with Gasteiger partial charge in [0.1, 0.15) is 0 Å². The lowest BCUT2D eigenvalue weighted by Crippen LogP contribution is -2.40. The molecule has 0 bridgehead atoms. The first kappa shape index (κ1) is 22.8. The van der Waals surface area contributed by atoms with Gasteiger partial charge in [0, 0.05) is 45.3 Å². The summed E-state index contributed by atoms with van der Waals surface area (Å²) in [4.78, 5) is 15.3. The SMILES string of the molecule is CCN(CC)c1ccc(S(=O)(=O)N2CCOCC2)cc1NC(=O)[C@@H]1C[C@@H]1c1cnn(C)c1. The van der Waals surface area contributed by atoms with Crippen molar-refractivity contribution >= 4 is 27.3 Å². The van der Waals surface area contributed by atoms with Crippen LogP contribution < -0.4 is 10.2 Å². The molecule has 1 aliphatic heterocycles. The third-order valence-electron chi connectivity index (χ3n) is 6.22. The number of hydrogen-bond acceptors (Lipinski definition) is 6. The van der Waals surface area contributed by atoms with Gasteiger partial charge in [0.2, 0.25) is 15.9 Å². The average molecular weight is 462 g/mol. The van der Waals surface area contributed by atoms with Gasteiger partial charge in [-0.3, -0.25) is 9.48 Å². The lowest BCUT2D eigenvalue weighted by molar-refractivity contribution is -0.117. The number of sulfonamides is 1. The number of aryl methyl sites for hydroxylation is 1. The number of nitrogens with one attached hydrogen (secondary N) is 1. The Morgan fingerprint density at radius 2 is 1.97 bits per heavy atom. The van der Waals surface area contributed by atoms with Crippen molar-refractivity contribution in [2.75, 3.05) is 49.6 Å². The number of morpholine rings is 1. The Hall–Kier alpha value is -2.43. The Morgan fingerprint density at radius 1 is 1.25 bits per heavy atom. The molecule has 32 heavy (non-hydrogen) atoms. The standard InChI is InChI=1S/C22H31N5O4S/c1-4-26(5-2)21-7-6-17(32(29,30)27-8-10-31-11-9-27)12-20(21)24-22(28)19-13-18(19)16-14-23-25(3)15-16/h6-7,12,14-15,18-19H,4-5,8-11,13H2,1-3H3,(H,24,28)/t18-,19-/m1/s1.